The second-order valence-corrected chi connectivity index (χ2v) is 7.27. The quantitative estimate of drug-likeness (QED) is 0.769. The van der Waals surface area contributed by atoms with E-state index in [2.05, 4.69) is 15.8 Å². The summed E-state index contributed by atoms with van der Waals surface area (Å²) in [5.41, 5.74) is 12.8. The molecule has 2 aromatic rings. The number of carbonyl (C=O) groups is 1. The predicted molar refractivity (Wildman–Crippen MR) is 98.4 cm³/mol. The normalized spacial score (nSPS) is 27.6. The summed E-state index contributed by atoms with van der Waals surface area (Å²) in [6, 6.07) is 7.97. The van der Waals surface area contributed by atoms with E-state index in [-0.39, 0.29) is 29.6 Å². The predicted octanol–water partition coefficient (Wildman–Crippen LogP) is 2.47. The van der Waals surface area contributed by atoms with Gasteiger partial charge in [0.25, 0.3) is 0 Å². The van der Waals surface area contributed by atoms with Crippen LogP contribution in [0.3, 0.4) is 0 Å². The minimum atomic E-state index is -0.300. The monoisotopic (exact) mass is 370 g/mol. The van der Waals surface area contributed by atoms with E-state index < -0.39 is 0 Å². The zero-order valence-corrected chi connectivity index (χ0v) is 14.9. The van der Waals surface area contributed by atoms with E-state index in [4.69, 9.17) is 10.5 Å². The van der Waals surface area contributed by atoms with Gasteiger partial charge in [-0.05, 0) is 67.0 Å². The molecule has 27 heavy (non-hydrogen) atoms. The summed E-state index contributed by atoms with van der Waals surface area (Å²) in [5, 5.41) is 0. The van der Waals surface area contributed by atoms with Crippen LogP contribution in [0.4, 0.5) is 4.39 Å². The third-order valence-corrected chi connectivity index (χ3v) is 5.64. The molecular weight excluding hydrogens is 347 g/mol. The Kier molecular flexibility index (Phi) is 5.05. The van der Waals surface area contributed by atoms with Crippen LogP contribution < -0.4 is 21.3 Å². The summed E-state index contributed by atoms with van der Waals surface area (Å²) in [6.07, 6.45) is 6.15. The number of rotatable bonds is 4. The van der Waals surface area contributed by atoms with Gasteiger partial charge in [0.2, 0.25) is 5.91 Å². The number of halogens is 1. The summed E-state index contributed by atoms with van der Waals surface area (Å²) in [5.74, 6) is 1.48. The van der Waals surface area contributed by atoms with Gasteiger partial charge in [-0.15, -0.1) is 0 Å². The Morgan fingerprint density at radius 3 is 2.78 bits per heavy atom. The van der Waals surface area contributed by atoms with Crippen molar-refractivity contribution < 1.29 is 13.9 Å². The second-order valence-electron chi connectivity index (χ2n) is 7.27. The highest BCUT2D eigenvalue weighted by Gasteiger charge is 2.42. The van der Waals surface area contributed by atoms with Crippen LogP contribution in [0.25, 0.3) is 0 Å². The highest BCUT2D eigenvalue weighted by atomic mass is 19.1. The van der Waals surface area contributed by atoms with Gasteiger partial charge < -0.3 is 10.5 Å². The van der Waals surface area contributed by atoms with Crippen molar-refractivity contribution in [3.63, 3.8) is 0 Å². The van der Waals surface area contributed by atoms with Crippen LogP contribution in [-0.4, -0.2) is 23.5 Å². The molecule has 142 valence electrons. The first-order chi connectivity index (χ1) is 13.1. The number of nitrogens with one attached hydrogen (secondary N) is 2. The summed E-state index contributed by atoms with van der Waals surface area (Å²) in [4.78, 5) is 16.5. The fraction of sp³-hybridized carbons (Fsp3) is 0.400. The number of nitrogens with zero attached hydrogens (tertiary/aromatic N) is 1. The van der Waals surface area contributed by atoms with Crippen LogP contribution in [0.5, 0.6) is 11.5 Å². The molecule has 4 rings (SSSR count). The first-order valence-corrected chi connectivity index (χ1v) is 9.28. The van der Waals surface area contributed by atoms with Gasteiger partial charge in [-0.2, -0.15) is 0 Å². The van der Waals surface area contributed by atoms with E-state index in [0.29, 0.717) is 24.0 Å². The molecule has 0 bridgehead atoms. The van der Waals surface area contributed by atoms with Gasteiger partial charge in [0.1, 0.15) is 17.3 Å². The molecule has 1 saturated heterocycles. The lowest BCUT2D eigenvalue weighted by molar-refractivity contribution is -0.133. The van der Waals surface area contributed by atoms with Gasteiger partial charge in [0, 0.05) is 24.7 Å². The molecule has 4 unspecified atom stereocenters. The molecule has 1 aliphatic heterocycles. The highest BCUT2D eigenvalue weighted by molar-refractivity contribution is 5.79. The Hall–Kier alpha value is -2.51. The molecule has 7 heteroatoms. The lowest BCUT2D eigenvalue weighted by Crippen LogP contribution is -2.62. The Morgan fingerprint density at radius 2 is 2.00 bits per heavy atom. The van der Waals surface area contributed by atoms with Crippen molar-refractivity contribution in [1.82, 2.24) is 15.8 Å². The van der Waals surface area contributed by atoms with Gasteiger partial charge in [0.15, 0.2) is 0 Å². The van der Waals surface area contributed by atoms with Crippen LogP contribution in [0.1, 0.15) is 30.7 Å². The molecule has 0 radical (unpaired) electrons. The van der Waals surface area contributed by atoms with Crippen molar-refractivity contribution in [2.75, 3.05) is 6.54 Å². The Labute approximate surface area is 157 Å². The number of hydrazine groups is 1. The molecule has 0 spiro atoms. The lowest BCUT2D eigenvalue weighted by atomic mass is 9.68. The third kappa shape index (κ3) is 3.79. The zero-order valence-electron chi connectivity index (χ0n) is 14.9. The van der Waals surface area contributed by atoms with Crippen LogP contribution in [0.15, 0.2) is 42.7 Å². The van der Waals surface area contributed by atoms with E-state index in [1.54, 1.807) is 18.3 Å². The van der Waals surface area contributed by atoms with Gasteiger partial charge in [-0.3, -0.25) is 15.2 Å². The number of hydrogen-bond donors (Lipinski definition) is 3. The second kappa shape index (κ2) is 7.62. The standard InChI is InChI=1S/C20H23FN4O2/c21-14-2-4-15(5-3-14)27-16-7-13(10-23-11-16)12-1-6-17-18(8-12)19(9-22)24-25-20(17)26/h2-5,7,10-12,17-19,24H,1,6,8-9,22H2,(H,25,26). The van der Waals surface area contributed by atoms with Crippen molar-refractivity contribution in [2.45, 2.75) is 31.2 Å². The number of benzene rings is 1. The summed E-state index contributed by atoms with van der Waals surface area (Å²) in [7, 11) is 0. The maximum Gasteiger partial charge on any atom is 0.237 e. The number of amides is 1. The fourth-order valence-electron chi connectivity index (χ4n) is 4.23. The maximum absolute atomic E-state index is 13.0. The topological polar surface area (TPSA) is 89.3 Å². The summed E-state index contributed by atoms with van der Waals surface area (Å²) in [6.45, 7) is 0.486. The molecule has 4 N–H and O–H groups in total. The third-order valence-electron chi connectivity index (χ3n) is 5.64. The van der Waals surface area contributed by atoms with E-state index in [9.17, 15) is 9.18 Å². The number of carbonyl (C=O) groups excluding carboxylic acids is 1. The largest absolute Gasteiger partial charge is 0.456 e. The molecular formula is C20H23FN4O2. The van der Waals surface area contributed by atoms with Gasteiger partial charge >= 0.3 is 0 Å². The average Bonchev–Trinajstić information content (AvgIpc) is 2.70. The van der Waals surface area contributed by atoms with E-state index in [1.807, 2.05) is 12.3 Å². The fourth-order valence-corrected chi connectivity index (χ4v) is 4.23. The molecule has 1 aromatic heterocycles. The van der Waals surface area contributed by atoms with Gasteiger partial charge in [-0.1, -0.05) is 0 Å². The molecule has 2 fully saturated rings. The summed E-state index contributed by atoms with van der Waals surface area (Å²) < 4.78 is 18.9. The van der Waals surface area contributed by atoms with Gasteiger partial charge in [0.05, 0.1) is 6.20 Å². The first-order valence-electron chi connectivity index (χ1n) is 9.28. The molecule has 1 saturated carbocycles. The average molecular weight is 370 g/mol. The summed E-state index contributed by atoms with van der Waals surface area (Å²) >= 11 is 0. The Balaban J connectivity index is 1.50. The van der Waals surface area contributed by atoms with Crippen LogP contribution in [0.2, 0.25) is 0 Å². The minimum absolute atomic E-state index is 0.0163. The SMILES string of the molecule is NCC1NNC(=O)C2CCC(c3cncc(Oc4ccc(F)cc4)c3)CC12. The van der Waals surface area contributed by atoms with Crippen molar-refractivity contribution >= 4 is 5.91 Å². The number of hydrogen-bond acceptors (Lipinski definition) is 5. The van der Waals surface area contributed by atoms with Crippen molar-refractivity contribution in [3.8, 4) is 11.5 Å². The molecule has 6 nitrogen and oxygen atoms in total. The van der Waals surface area contributed by atoms with E-state index in [0.717, 1.165) is 24.8 Å². The lowest BCUT2D eigenvalue weighted by Gasteiger charge is -2.43. The molecule has 2 heterocycles. The Morgan fingerprint density at radius 1 is 1.19 bits per heavy atom. The first kappa shape index (κ1) is 17.9. The maximum atomic E-state index is 13.0. The smallest absolute Gasteiger partial charge is 0.237 e. The number of ether oxygens (including phenoxy) is 1. The molecule has 1 aliphatic carbocycles. The van der Waals surface area contributed by atoms with E-state index >= 15 is 0 Å². The van der Waals surface area contributed by atoms with Crippen molar-refractivity contribution in [3.05, 3.63) is 54.1 Å². The van der Waals surface area contributed by atoms with Crippen LogP contribution in [-0.2, 0) is 4.79 Å². The molecule has 1 aromatic carbocycles. The molecule has 4 atom stereocenters. The Bertz CT molecular complexity index is 814. The molecule has 1 amide bonds. The van der Waals surface area contributed by atoms with Crippen LogP contribution >= 0.6 is 0 Å². The highest BCUT2D eigenvalue weighted by Crippen LogP contribution is 2.42. The number of fused-ring (bicyclic) bond motifs is 1. The number of aromatic nitrogens is 1. The van der Waals surface area contributed by atoms with E-state index in [1.165, 1.54) is 12.1 Å². The number of nitrogens with two attached hydrogens (primary N) is 1. The molecule has 2 aliphatic rings. The van der Waals surface area contributed by atoms with Crippen LogP contribution in [0, 0.1) is 17.7 Å². The number of pyridine rings is 1. The minimum Gasteiger partial charge on any atom is -0.456 e. The zero-order chi connectivity index (χ0) is 18.8. The van der Waals surface area contributed by atoms with Crippen molar-refractivity contribution in [1.29, 1.82) is 0 Å². The van der Waals surface area contributed by atoms with Crippen molar-refractivity contribution in [2.24, 2.45) is 17.6 Å². The van der Waals surface area contributed by atoms with Gasteiger partial charge in [-0.25, -0.2) is 9.82 Å².